The SMILES string of the molecule is C.CC.Cc1cscn1. The first kappa shape index (κ1) is 11.4. The van der Waals surface area contributed by atoms with E-state index in [0.29, 0.717) is 0 Å². The topological polar surface area (TPSA) is 12.9 Å². The summed E-state index contributed by atoms with van der Waals surface area (Å²) in [6, 6.07) is 0. The summed E-state index contributed by atoms with van der Waals surface area (Å²) in [4.78, 5) is 3.94. The van der Waals surface area contributed by atoms with Gasteiger partial charge in [0.25, 0.3) is 0 Å². The minimum absolute atomic E-state index is 0. The molecule has 54 valence electrons. The fourth-order valence-electron chi connectivity index (χ4n) is 0.273. The second kappa shape index (κ2) is 7.63. The summed E-state index contributed by atoms with van der Waals surface area (Å²) in [7, 11) is 0. The molecule has 0 unspecified atom stereocenters. The smallest absolute Gasteiger partial charge is 0.0794 e. The van der Waals surface area contributed by atoms with Crippen LogP contribution in [0.5, 0.6) is 0 Å². The summed E-state index contributed by atoms with van der Waals surface area (Å²) < 4.78 is 0. The van der Waals surface area contributed by atoms with Crippen LogP contribution in [0.4, 0.5) is 0 Å². The first-order chi connectivity index (χ1) is 3.89. The van der Waals surface area contributed by atoms with Crippen molar-refractivity contribution in [1.29, 1.82) is 0 Å². The molecule has 1 aromatic heterocycles. The molecule has 1 aromatic rings. The Morgan fingerprint density at radius 3 is 2.11 bits per heavy atom. The third-order valence-electron chi connectivity index (χ3n) is 0.556. The highest BCUT2D eigenvalue weighted by Crippen LogP contribution is 1.95. The maximum Gasteiger partial charge on any atom is 0.0794 e. The minimum atomic E-state index is 0. The van der Waals surface area contributed by atoms with Gasteiger partial charge >= 0.3 is 0 Å². The van der Waals surface area contributed by atoms with Crippen LogP contribution in [0, 0.1) is 6.92 Å². The average Bonchev–Trinajstić information content (AvgIpc) is 2.24. The van der Waals surface area contributed by atoms with E-state index < -0.39 is 0 Å². The molecule has 0 fully saturated rings. The number of rotatable bonds is 0. The Hall–Kier alpha value is -0.370. The normalized spacial score (nSPS) is 6.56. The van der Waals surface area contributed by atoms with Crippen LogP contribution < -0.4 is 0 Å². The van der Waals surface area contributed by atoms with Gasteiger partial charge in [-0.25, -0.2) is 0 Å². The Morgan fingerprint density at radius 1 is 1.44 bits per heavy atom. The van der Waals surface area contributed by atoms with E-state index in [1.807, 2.05) is 31.7 Å². The zero-order valence-electron chi connectivity index (χ0n) is 5.51. The summed E-state index contributed by atoms with van der Waals surface area (Å²) in [5.41, 5.74) is 2.94. The lowest BCUT2D eigenvalue weighted by Gasteiger charge is -1.64. The van der Waals surface area contributed by atoms with Gasteiger partial charge in [0.15, 0.2) is 0 Å². The summed E-state index contributed by atoms with van der Waals surface area (Å²) in [5.74, 6) is 0. The minimum Gasteiger partial charge on any atom is -0.250 e. The van der Waals surface area contributed by atoms with Crippen LogP contribution in [-0.4, -0.2) is 4.98 Å². The molecule has 0 radical (unpaired) electrons. The van der Waals surface area contributed by atoms with E-state index in [0.717, 1.165) is 5.69 Å². The third-order valence-corrected chi connectivity index (χ3v) is 1.26. The predicted molar refractivity (Wildman–Crippen MR) is 44.9 cm³/mol. The van der Waals surface area contributed by atoms with Crippen molar-refractivity contribution in [2.75, 3.05) is 0 Å². The highest BCUT2D eigenvalue weighted by molar-refractivity contribution is 7.07. The van der Waals surface area contributed by atoms with E-state index in [1.165, 1.54) is 0 Å². The second-order valence-corrected chi connectivity index (χ2v) is 1.85. The van der Waals surface area contributed by atoms with E-state index in [4.69, 9.17) is 0 Å². The molecule has 1 heterocycles. The molecule has 0 spiro atoms. The molecule has 2 heteroatoms. The van der Waals surface area contributed by atoms with Crippen molar-refractivity contribution in [3.63, 3.8) is 0 Å². The Kier molecular flexibility index (Phi) is 9.69. The quantitative estimate of drug-likeness (QED) is 0.546. The Balaban J connectivity index is 0. The third kappa shape index (κ3) is 5.50. The zero-order valence-corrected chi connectivity index (χ0v) is 6.33. The zero-order chi connectivity index (χ0) is 6.41. The second-order valence-electron chi connectivity index (χ2n) is 1.13. The van der Waals surface area contributed by atoms with Gasteiger partial charge in [-0.15, -0.1) is 11.3 Å². The van der Waals surface area contributed by atoms with E-state index in [2.05, 4.69) is 4.98 Å². The van der Waals surface area contributed by atoms with Gasteiger partial charge < -0.3 is 0 Å². The van der Waals surface area contributed by atoms with Gasteiger partial charge in [0.2, 0.25) is 0 Å². The molecule has 0 amide bonds. The number of aromatic nitrogens is 1. The van der Waals surface area contributed by atoms with Crippen molar-refractivity contribution in [3.8, 4) is 0 Å². The summed E-state index contributed by atoms with van der Waals surface area (Å²) in [6.45, 7) is 5.98. The lowest BCUT2D eigenvalue weighted by atomic mass is 10.6. The molecule has 0 aliphatic rings. The number of thiazole rings is 1. The number of aryl methyl sites for hydroxylation is 1. The van der Waals surface area contributed by atoms with Crippen LogP contribution in [0.2, 0.25) is 0 Å². The lowest BCUT2D eigenvalue weighted by Crippen LogP contribution is -1.59. The fraction of sp³-hybridized carbons (Fsp3) is 0.571. The molecular formula is C7H15NS. The number of nitrogens with zero attached hydrogens (tertiary/aromatic N) is 1. The van der Waals surface area contributed by atoms with Gasteiger partial charge in [-0.05, 0) is 6.92 Å². The largest absolute Gasteiger partial charge is 0.250 e. The first-order valence-electron chi connectivity index (χ1n) is 2.74. The van der Waals surface area contributed by atoms with Crippen LogP contribution in [0.15, 0.2) is 10.9 Å². The van der Waals surface area contributed by atoms with Crippen molar-refractivity contribution in [2.45, 2.75) is 28.2 Å². The van der Waals surface area contributed by atoms with E-state index in [1.54, 1.807) is 11.3 Å². The van der Waals surface area contributed by atoms with Gasteiger partial charge in [-0.3, -0.25) is 4.98 Å². The van der Waals surface area contributed by atoms with Crippen LogP contribution >= 0.6 is 11.3 Å². The van der Waals surface area contributed by atoms with Gasteiger partial charge in [0, 0.05) is 11.1 Å². The highest BCUT2D eigenvalue weighted by atomic mass is 32.1. The summed E-state index contributed by atoms with van der Waals surface area (Å²) in [5, 5.41) is 2.01. The maximum atomic E-state index is 3.94. The predicted octanol–water partition coefficient (Wildman–Crippen LogP) is 3.11. The molecule has 1 nitrogen and oxygen atoms in total. The van der Waals surface area contributed by atoms with Gasteiger partial charge in [0.05, 0.1) is 5.51 Å². The molecule has 9 heavy (non-hydrogen) atoms. The van der Waals surface area contributed by atoms with E-state index >= 15 is 0 Å². The fourth-order valence-corrected chi connectivity index (χ4v) is 0.819. The number of hydrogen-bond acceptors (Lipinski definition) is 2. The van der Waals surface area contributed by atoms with Crippen molar-refractivity contribution < 1.29 is 0 Å². The molecular weight excluding hydrogens is 130 g/mol. The molecule has 0 atom stereocenters. The maximum absolute atomic E-state index is 3.94. The van der Waals surface area contributed by atoms with Crippen LogP contribution in [0.1, 0.15) is 27.0 Å². The first-order valence-corrected chi connectivity index (χ1v) is 3.68. The van der Waals surface area contributed by atoms with Crippen molar-refractivity contribution in [2.24, 2.45) is 0 Å². The summed E-state index contributed by atoms with van der Waals surface area (Å²) in [6.07, 6.45) is 0. The molecule has 0 aromatic carbocycles. The Labute approximate surface area is 61.8 Å². The average molecular weight is 145 g/mol. The van der Waals surface area contributed by atoms with E-state index in [-0.39, 0.29) is 7.43 Å². The molecule has 0 N–H and O–H groups in total. The molecule has 0 saturated heterocycles. The molecule has 0 aliphatic heterocycles. The highest BCUT2D eigenvalue weighted by Gasteiger charge is 1.76. The number of hydrogen-bond donors (Lipinski definition) is 0. The van der Waals surface area contributed by atoms with Gasteiger partial charge in [-0.1, -0.05) is 21.3 Å². The lowest BCUT2D eigenvalue weighted by molar-refractivity contribution is 1.27. The van der Waals surface area contributed by atoms with Crippen LogP contribution in [0.25, 0.3) is 0 Å². The van der Waals surface area contributed by atoms with Crippen molar-refractivity contribution >= 4 is 11.3 Å². The van der Waals surface area contributed by atoms with E-state index in [9.17, 15) is 0 Å². The van der Waals surface area contributed by atoms with Crippen LogP contribution in [0.3, 0.4) is 0 Å². The summed E-state index contributed by atoms with van der Waals surface area (Å²) >= 11 is 1.63. The van der Waals surface area contributed by atoms with Crippen LogP contribution in [-0.2, 0) is 0 Å². The van der Waals surface area contributed by atoms with Gasteiger partial charge in [0.1, 0.15) is 0 Å². The monoisotopic (exact) mass is 145 g/mol. The molecule has 1 rings (SSSR count). The standard InChI is InChI=1S/C4H5NS.C2H6.CH4/c1-4-2-6-3-5-4;1-2;/h2-3H,1H3;1-2H3;1H4. The Morgan fingerprint density at radius 2 is 2.00 bits per heavy atom. The van der Waals surface area contributed by atoms with Gasteiger partial charge in [-0.2, -0.15) is 0 Å². The Bertz CT molecular complexity index is 112. The molecule has 0 saturated carbocycles. The van der Waals surface area contributed by atoms with Crippen molar-refractivity contribution in [1.82, 2.24) is 4.98 Å². The molecule has 0 aliphatic carbocycles. The van der Waals surface area contributed by atoms with Crippen molar-refractivity contribution in [3.05, 3.63) is 16.6 Å². The molecule has 0 bridgehead atoms.